The van der Waals surface area contributed by atoms with E-state index in [-0.39, 0.29) is 11.7 Å². The van der Waals surface area contributed by atoms with E-state index in [0.717, 1.165) is 10.9 Å². The third-order valence-corrected chi connectivity index (χ3v) is 4.36. The SMILES string of the molecule is Cc1nnc(C2COCCN2C(=O)c2cc3c(C)cc(F)cc3[nH]2)o1. The molecule has 8 heteroatoms. The molecule has 1 atom stereocenters. The highest BCUT2D eigenvalue weighted by molar-refractivity contribution is 5.99. The molecular weight excluding hydrogens is 327 g/mol. The second-order valence-corrected chi connectivity index (χ2v) is 6.12. The van der Waals surface area contributed by atoms with E-state index in [1.54, 1.807) is 17.9 Å². The van der Waals surface area contributed by atoms with E-state index < -0.39 is 6.04 Å². The first-order chi connectivity index (χ1) is 12.0. The van der Waals surface area contributed by atoms with Crippen molar-refractivity contribution >= 4 is 16.8 Å². The van der Waals surface area contributed by atoms with Gasteiger partial charge in [-0.3, -0.25) is 4.79 Å². The maximum Gasteiger partial charge on any atom is 0.271 e. The fraction of sp³-hybridized carbons (Fsp3) is 0.353. The Labute approximate surface area is 142 Å². The maximum atomic E-state index is 13.6. The Bertz CT molecular complexity index is 949. The number of H-pyrrole nitrogens is 1. The first kappa shape index (κ1) is 15.8. The van der Waals surface area contributed by atoms with Crippen molar-refractivity contribution in [3.63, 3.8) is 0 Å². The Hall–Kier alpha value is -2.74. The van der Waals surface area contributed by atoms with Crippen LogP contribution in [-0.4, -0.2) is 45.7 Å². The standard InChI is InChI=1S/C17H17FN4O3/c1-9-5-11(18)6-13-12(9)7-14(19-13)17(23)22-3-4-24-8-15(22)16-21-20-10(2)25-16/h5-7,15,19H,3-4,8H2,1-2H3. The molecule has 2 aromatic heterocycles. The van der Waals surface area contributed by atoms with Crippen LogP contribution in [0.4, 0.5) is 4.39 Å². The van der Waals surface area contributed by atoms with Crippen molar-refractivity contribution in [2.45, 2.75) is 19.9 Å². The first-order valence-electron chi connectivity index (χ1n) is 8.00. The summed E-state index contributed by atoms with van der Waals surface area (Å²) in [4.78, 5) is 17.7. The van der Waals surface area contributed by atoms with Crippen LogP contribution < -0.4 is 0 Å². The first-order valence-corrected chi connectivity index (χ1v) is 8.00. The van der Waals surface area contributed by atoms with E-state index in [0.29, 0.717) is 42.8 Å². The Morgan fingerprint density at radius 1 is 1.32 bits per heavy atom. The Morgan fingerprint density at radius 3 is 2.92 bits per heavy atom. The number of fused-ring (bicyclic) bond motifs is 1. The molecule has 0 saturated carbocycles. The molecule has 25 heavy (non-hydrogen) atoms. The largest absolute Gasteiger partial charge is 0.423 e. The number of morpholine rings is 1. The molecule has 1 N–H and O–H groups in total. The number of ether oxygens (including phenoxy) is 1. The van der Waals surface area contributed by atoms with Gasteiger partial charge in [0.15, 0.2) is 0 Å². The highest BCUT2D eigenvalue weighted by atomic mass is 19.1. The predicted octanol–water partition coefficient (Wildman–Crippen LogP) is 2.52. The summed E-state index contributed by atoms with van der Waals surface area (Å²) in [6.45, 7) is 4.64. The zero-order valence-corrected chi connectivity index (χ0v) is 13.9. The lowest BCUT2D eigenvalue weighted by Crippen LogP contribution is -2.43. The number of nitrogens with zero attached hydrogens (tertiary/aromatic N) is 3. The molecule has 4 rings (SSSR count). The molecule has 7 nitrogen and oxygen atoms in total. The van der Waals surface area contributed by atoms with Gasteiger partial charge in [0.05, 0.1) is 13.2 Å². The molecule has 0 aliphatic carbocycles. The van der Waals surface area contributed by atoms with Gasteiger partial charge in [0.1, 0.15) is 17.6 Å². The maximum absolute atomic E-state index is 13.6. The minimum atomic E-state index is -0.438. The number of rotatable bonds is 2. The molecule has 1 unspecified atom stereocenters. The molecular formula is C17H17FN4O3. The van der Waals surface area contributed by atoms with Crippen LogP contribution in [0.3, 0.4) is 0 Å². The van der Waals surface area contributed by atoms with E-state index in [1.165, 1.54) is 12.1 Å². The van der Waals surface area contributed by atoms with Gasteiger partial charge in [0.2, 0.25) is 11.8 Å². The van der Waals surface area contributed by atoms with Crippen molar-refractivity contribution in [1.29, 1.82) is 0 Å². The fourth-order valence-corrected chi connectivity index (χ4v) is 3.14. The topological polar surface area (TPSA) is 84.3 Å². The quantitative estimate of drug-likeness (QED) is 0.772. The molecule has 1 fully saturated rings. The minimum Gasteiger partial charge on any atom is -0.423 e. The van der Waals surface area contributed by atoms with Gasteiger partial charge in [0, 0.05) is 24.4 Å². The summed E-state index contributed by atoms with van der Waals surface area (Å²) in [5, 5.41) is 8.66. The lowest BCUT2D eigenvalue weighted by atomic mass is 10.1. The van der Waals surface area contributed by atoms with Gasteiger partial charge in [0.25, 0.3) is 5.91 Å². The van der Waals surface area contributed by atoms with Crippen molar-refractivity contribution in [3.05, 3.63) is 47.1 Å². The third-order valence-electron chi connectivity index (χ3n) is 4.36. The van der Waals surface area contributed by atoms with Gasteiger partial charge >= 0.3 is 0 Å². The number of halogens is 1. The summed E-state index contributed by atoms with van der Waals surface area (Å²) >= 11 is 0. The van der Waals surface area contributed by atoms with E-state index >= 15 is 0 Å². The number of aromatic nitrogens is 3. The molecule has 1 aromatic carbocycles. The number of carbonyl (C=O) groups excluding carboxylic acids is 1. The fourth-order valence-electron chi connectivity index (χ4n) is 3.14. The van der Waals surface area contributed by atoms with Gasteiger partial charge in [-0.1, -0.05) is 0 Å². The lowest BCUT2D eigenvalue weighted by molar-refractivity contribution is -0.0108. The molecule has 1 aliphatic rings. The minimum absolute atomic E-state index is 0.208. The van der Waals surface area contributed by atoms with Crippen LogP contribution in [0.1, 0.15) is 33.9 Å². The van der Waals surface area contributed by atoms with Crippen molar-refractivity contribution in [2.24, 2.45) is 0 Å². The van der Waals surface area contributed by atoms with Crippen LogP contribution in [0.25, 0.3) is 10.9 Å². The number of hydrogen-bond donors (Lipinski definition) is 1. The summed E-state index contributed by atoms with van der Waals surface area (Å²) < 4.78 is 24.5. The lowest BCUT2D eigenvalue weighted by Gasteiger charge is -2.33. The van der Waals surface area contributed by atoms with Crippen molar-refractivity contribution in [1.82, 2.24) is 20.1 Å². The predicted molar refractivity (Wildman–Crippen MR) is 86.6 cm³/mol. The molecule has 0 radical (unpaired) electrons. The van der Waals surface area contributed by atoms with Crippen molar-refractivity contribution < 1.29 is 18.3 Å². The summed E-state index contributed by atoms with van der Waals surface area (Å²) in [6, 6.07) is 4.14. The zero-order chi connectivity index (χ0) is 17.6. The van der Waals surface area contributed by atoms with Crippen LogP contribution in [0, 0.1) is 19.7 Å². The molecule has 130 valence electrons. The van der Waals surface area contributed by atoms with E-state index in [4.69, 9.17) is 9.15 Å². The van der Waals surface area contributed by atoms with E-state index in [1.807, 2.05) is 6.92 Å². The third kappa shape index (κ3) is 2.78. The number of hydrogen-bond acceptors (Lipinski definition) is 5. The van der Waals surface area contributed by atoms with Crippen LogP contribution in [-0.2, 0) is 4.74 Å². The van der Waals surface area contributed by atoms with Crippen LogP contribution in [0.2, 0.25) is 0 Å². The number of aromatic amines is 1. The molecule has 1 aliphatic heterocycles. The number of aryl methyl sites for hydroxylation is 2. The second kappa shape index (κ2) is 5.96. The Balaban J connectivity index is 1.70. The van der Waals surface area contributed by atoms with Crippen LogP contribution in [0.15, 0.2) is 22.6 Å². The van der Waals surface area contributed by atoms with Gasteiger partial charge in [-0.2, -0.15) is 0 Å². The normalized spacial score (nSPS) is 18.0. The Kier molecular flexibility index (Phi) is 3.76. The molecule has 3 heterocycles. The summed E-state index contributed by atoms with van der Waals surface area (Å²) in [6.07, 6.45) is 0. The van der Waals surface area contributed by atoms with Crippen molar-refractivity contribution in [2.75, 3.05) is 19.8 Å². The number of carbonyl (C=O) groups is 1. The highest BCUT2D eigenvalue weighted by Crippen LogP contribution is 2.27. The summed E-state index contributed by atoms with van der Waals surface area (Å²) in [5.74, 6) is 0.241. The van der Waals surface area contributed by atoms with Crippen molar-refractivity contribution in [3.8, 4) is 0 Å². The highest BCUT2D eigenvalue weighted by Gasteiger charge is 2.33. The number of nitrogens with one attached hydrogen (secondary N) is 1. The summed E-state index contributed by atoms with van der Waals surface area (Å²) in [7, 11) is 0. The second-order valence-electron chi connectivity index (χ2n) is 6.12. The molecule has 1 saturated heterocycles. The Morgan fingerprint density at radius 2 is 2.16 bits per heavy atom. The van der Waals surface area contributed by atoms with Gasteiger partial charge in [-0.05, 0) is 30.7 Å². The average molecular weight is 344 g/mol. The van der Waals surface area contributed by atoms with Gasteiger partial charge < -0.3 is 19.0 Å². The molecule has 3 aromatic rings. The average Bonchev–Trinajstić information content (AvgIpc) is 3.20. The van der Waals surface area contributed by atoms with Gasteiger partial charge in [-0.15, -0.1) is 10.2 Å². The van der Waals surface area contributed by atoms with Crippen LogP contribution >= 0.6 is 0 Å². The number of amides is 1. The van der Waals surface area contributed by atoms with Gasteiger partial charge in [-0.25, -0.2) is 4.39 Å². The monoisotopic (exact) mass is 344 g/mol. The summed E-state index contributed by atoms with van der Waals surface area (Å²) in [5.41, 5.74) is 1.77. The van der Waals surface area contributed by atoms with Crippen LogP contribution in [0.5, 0.6) is 0 Å². The zero-order valence-electron chi connectivity index (χ0n) is 13.9. The molecule has 1 amide bonds. The molecule has 0 bridgehead atoms. The number of benzene rings is 1. The smallest absolute Gasteiger partial charge is 0.271 e. The van der Waals surface area contributed by atoms with E-state index in [9.17, 15) is 9.18 Å². The van der Waals surface area contributed by atoms with E-state index in [2.05, 4.69) is 15.2 Å². The molecule has 0 spiro atoms.